The Bertz CT molecular complexity index is 977. The number of hydrogen-bond donors (Lipinski definition) is 2. The van der Waals surface area contributed by atoms with Gasteiger partial charge in [0.2, 0.25) is 11.8 Å². The van der Waals surface area contributed by atoms with E-state index in [2.05, 4.69) is 10.6 Å². The van der Waals surface area contributed by atoms with Crippen molar-refractivity contribution in [1.82, 2.24) is 15.1 Å². The molecular formula is C24H29ClF4N4O3. The first-order valence-corrected chi connectivity index (χ1v) is 12.5. The maximum absolute atomic E-state index is 15.0. The summed E-state index contributed by atoms with van der Waals surface area (Å²) in [5, 5.41) is 5.47. The fraction of sp³-hybridized carbons (Fsp3) is 0.625. The Kier molecular flexibility index (Phi) is 7.96. The summed E-state index contributed by atoms with van der Waals surface area (Å²) < 4.78 is 55.5. The number of urea groups is 1. The van der Waals surface area contributed by atoms with Crippen LogP contribution in [0.25, 0.3) is 0 Å². The number of likely N-dealkylation sites (tertiary alicyclic amines) is 2. The van der Waals surface area contributed by atoms with Gasteiger partial charge in [0.1, 0.15) is 12.2 Å². The normalized spacial score (nSPS) is 29.2. The number of benzene rings is 1. The molecule has 0 aromatic heterocycles. The van der Waals surface area contributed by atoms with E-state index in [-0.39, 0.29) is 24.8 Å². The average Bonchev–Trinajstić information content (AvgIpc) is 3.29. The third kappa shape index (κ3) is 6.04. The zero-order chi connectivity index (χ0) is 26.0. The molecule has 1 aromatic carbocycles. The molecular weight excluding hydrogens is 504 g/mol. The number of amides is 4. The lowest BCUT2D eigenvalue weighted by molar-refractivity contribution is -0.170. The molecule has 2 aliphatic heterocycles. The largest absolute Gasteiger partial charge is 0.393 e. The summed E-state index contributed by atoms with van der Waals surface area (Å²) >= 11 is 5.82. The van der Waals surface area contributed by atoms with E-state index in [0.29, 0.717) is 30.1 Å². The Balaban J connectivity index is 1.40. The number of nitrogens with one attached hydrogen (secondary N) is 2. The van der Waals surface area contributed by atoms with Gasteiger partial charge >= 0.3 is 12.2 Å². The van der Waals surface area contributed by atoms with E-state index in [9.17, 15) is 27.6 Å². The van der Waals surface area contributed by atoms with Crippen LogP contribution in [0, 0.1) is 5.92 Å². The summed E-state index contributed by atoms with van der Waals surface area (Å²) in [7, 11) is 0. The first kappa shape index (κ1) is 26.5. The number of carbonyl (C=O) groups is 3. The molecule has 2 unspecified atom stereocenters. The molecule has 7 nitrogen and oxygen atoms in total. The van der Waals surface area contributed by atoms with Gasteiger partial charge in [-0.05, 0) is 56.4 Å². The van der Waals surface area contributed by atoms with Crippen molar-refractivity contribution in [1.29, 1.82) is 0 Å². The molecule has 1 aliphatic carbocycles. The molecule has 2 heterocycles. The molecule has 4 amide bonds. The van der Waals surface area contributed by atoms with Gasteiger partial charge in [-0.25, -0.2) is 9.18 Å². The highest BCUT2D eigenvalue weighted by Gasteiger charge is 2.51. The van der Waals surface area contributed by atoms with Crippen molar-refractivity contribution in [3.63, 3.8) is 0 Å². The molecule has 0 spiro atoms. The molecule has 2 N–H and O–H groups in total. The summed E-state index contributed by atoms with van der Waals surface area (Å²) in [6.07, 6.45) is -3.68. The number of halogens is 5. The Morgan fingerprint density at radius 3 is 2.42 bits per heavy atom. The van der Waals surface area contributed by atoms with Gasteiger partial charge in [0, 0.05) is 42.7 Å². The summed E-state index contributed by atoms with van der Waals surface area (Å²) in [6, 6.07) is 2.63. The monoisotopic (exact) mass is 532 g/mol. The Hall–Kier alpha value is -2.56. The predicted octanol–water partition coefficient (Wildman–Crippen LogP) is 4.51. The Morgan fingerprint density at radius 2 is 1.78 bits per heavy atom. The number of alkyl halides is 4. The average molecular weight is 533 g/mol. The van der Waals surface area contributed by atoms with Crippen molar-refractivity contribution in [2.75, 3.05) is 18.4 Å². The van der Waals surface area contributed by atoms with Crippen molar-refractivity contribution in [2.45, 2.75) is 75.4 Å². The van der Waals surface area contributed by atoms with Crippen LogP contribution in [-0.2, 0) is 9.59 Å². The van der Waals surface area contributed by atoms with Crippen LogP contribution in [-0.4, -0.2) is 71.2 Å². The van der Waals surface area contributed by atoms with Crippen LogP contribution in [0.2, 0.25) is 5.02 Å². The zero-order valence-corrected chi connectivity index (χ0v) is 20.3. The molecule has 198 valence electrons. The quantitative estimate of drug-likeness (QED) is 0.560. The topological polar surface area (TPSA) is 81.8 Å². The van der Waals surface area contributed by atoms with Crippen molar-refractivity contribution in [3.05, 3.63) is 29.3 Å². The fourth-order valence-electron chi connectivity index (χ4n) is 5.31. The Morgan fingerprint density at radius 1 is 1.06 bits per heavy atom. The molecule has 3 fully saturated rings. The highest BCUT2D eigenvalue weighted by atomic mass is 35.5. The zero-order valence-electron chi connectivity index (χ0n) is 19.6. The van der Waals surface area contributed by atoms with Crippen LogP contribution >= 0.6 is 11.6 Å². The minimum atomic E-state index is -4.59. The second kappa shape index (κ2) is 10.8. The van der Waals surface area contributed by atoms with E-state index in [1.807, 2.05) is 0 Å². The SMILES string of the molecule is O=C(NC1CCC(N2CCCCC2=O)C[C@@H]1F)[C@H]1C[C@@H](C(F)(F)F)CN1C(=O)Nc1ccc(Cl)cc1. The van der Waals surface area contributed by atoms with E-state index in [0.717, 1.165) is 17.7 Å². The maximum Gasteiger partial charge on any atom is 0.393 e. The van der Waals surface area contributed by atoms with Gasteiger partial charge < -0.3 is 20.4 Å². The second-order valence-corrected chi connectivity index (χ2v) is 10.2. The van der Waals surface area contributed by atoms with Gasteiger partial charge in [-0.15, -0.1) is 0 Å². The number of anilines is 1. The molecule has 1 aromatic rings. The number of hydrogen-bond acceptors (Lipinski definition) is 3. The molecule has 1 saturated carbocycles. The molecule has 3 aliphatic rings. The minimum Gasteiger partial charge on any atom is -0.349 e. The maximum atomic E-state index is 15.0. The van der Waals surface area contributed by atoms with Crippen LogP contribution in [0.15, 0.2) is 24.3 Å². The predicted molar refractivity (Wildman–Crippen MR) is 125 cm³/mol. The number of piperidine rings is 1. The summed E-state index contributed by atoms with van der Waals surface area (Å²) in [5.74, 6) is -2.67. The van der Waals surface area contributed by atoms with Gasteiger partial charge in [-0.1, -0.05) is 11.6 Å². The number of carbonyl (C=O) groups excluding carboxylic acids is 3. The van der Waals surface area contributed by atoms with Gasteiger partial charge in [0.05, 0.1) is 12.0 Å². The van der Waals surface area contributed by atoms with E-state index in [1.54, 1.807) is 4.90 Å². The highest BCUT2D eigenvalue weighted by Crippen LogP contribution is 2.37. The summed E-state index contributed by atoms with van der Waals surface area (Å²) in [5.41, 5.74) is 0.313. The first-order chi connectivity index (χ1) is 17.0. The fourth-order valence-corrected chi connectivity index (χ4v) is 5.43. The van der Waals surface area contributed by atoms with Gasteiger partial charge in [0.25, 0.3) is 0 Å². The molecule has 2 saturated heterocycles. The van der Waals surface area contributed by atoms with E-state index in [1.165, 1.54) is 24.3 Å². The number of nitrogens with zero attached hydrogens (tertiary/aromatic N) is 2. The molecule has 0 bridgehead atoms. The lowest BCUT2D eigenvalue weighted by atomic mass is 9.87. The van der Waals surface area contributed by atoms with Crippen molar-refractivity contribution in [2.24, 2.45) is 5.92 Å². The highest BCUT2D eigenvalue weighted by molar-refractivity contribution is 6.30. The summed E-state index contributed by atoms with van der Waals surface area (Å²) in [4.78, 5) is 40.6. The van der Waals surface area contributed by atoms with Crippen molar-refractivity contribution < 1.29 is 31.9 Å². The smallest absolute Gasteiger partial charge is 0.349 e. The van der Waals surface area contributed by atoms with E-state index < -0.39 is 55.3 Å². The lowest BCUT2D eigenvalue weighted by Gasteiger charge is -2.40. The second-order valence-electron chi connectivity index (χ2n) is 9.72. The van der Waals surface area contributed by atoms with Gasteiger partial charge in [0.15, 0.2) is 0 Å². The standard InChI is InChI=1S/C24H29ClF4N4O3/c25-15-4-6-16(7-5-15)30-23(36)33-13-14(24(27,28)29)11-20(33)22(35)31-19-9-8-17(12-18(19)26)32-10-2-1-3-21(32)34/h4-7,14,17-20H,1-3,8-13H2,(H,30,36)(H,31,35)/t14-,17?,18+,19?,20-/m1/s1. The Labute approximate surface area is 211 Å². The van der Waals surface area contributed by atoms with Gasteiger partial charge in [-0.3, -0.25) is 9.59 Å². The molecule has 4 rings (SSSR count). The number of rotatable bonds is 4. The molecule has 36 heavy (non-hydrogen) atoms. The van der Waals surface area contributed by atoms with Crippen molar-refractivity contribution >= 4 is 35.1 Å². The van der Waals surface area contributed by atoms with E-state index in [4.69, 9.17) is 11.6 Å². The molecule has 12 heteroatoms. The third-order valence-corrected chi connectivity index (χ3v) is 7.55. The first-order valence-electron chi connectivity index (χ1n) is 12.2. The van der Waals surface area contributed by atoms with Gasteiger partial charge in [-0.2, -0.15) is 13.2 Å². The van der Waals surface area contributed by atoms with Crippen LogP contribution in [0.1, 0.15) is 44.9 Å². The minimum absolute atomic E-state index is 0.00688. The van der Waals surface area contributed by atoms with Crippen LogP contribution in [0.4, 0.5) is 28.0 Å². The van der Waals surface area contributed by atoms with Crippen molar-refractivity contribution in [3.8, 4) is 0 Å². The van der Waals surface area contributed by atoms with Crippen LogP contribution < -0.4 is 10.6 Å². The van der Waals surface area contributed by atoms with Crippen LogP contribution in [0.5, 0.6) is 0 Å². The van der Waals surface area contributed by atoms with E-state index >= 15 is 4.39 Å². The molecule has 0 radical (unpaired) electrons. The molecule has 5 atom stereocenters. The third-order valence-electron chi connectivity index (χ3n) is 7.30. The summed E-state index contributed by atoms with van der Waals surface area (Å²) in [6.45, 7) is -0.0876. The van der Waals surface area contributed by atoms with Crippen LogP contribution in [0.3, 0.4) is 0 Å². The lowest BCUT2D eigenvalue weighted by Crippen LogP contribution is -2.55.